The van der Waals surface area contributed by atoms with Crippen molar-refractivity contribution in [3.63, 3.8) is 0 Å². The van der Waals surface area contributed by atoms with Gasteiger partial charge >= 0.3 is 6.03 Å². The molecule has 1 aliphatic carbocycles. The second-order valence-electron chi connectivity index (χ2n) is 4.75. The first-order valence-electron chi connectivity index (χ1n) is 6.10. The van der Waals surface area contributed by atoms with Gasteiger partial charge in [-0.1, -0.05) is 34.8 Å². The lowest BCUT2D eigenvalue weighted by Crippen LogP contribution is -2.42. The van der Waals surface area contributed by atoms with Gasteiger partial charge in [0, 0.05) is 16.7 Å². The van der Waals surface area contributed by atoms with Gasteiger partial charge in [-0.3, -0.25) is 0 Å². The third-order valence-electron chi connectivity index (χ3n) is 3.19. The van der Waals surface area contributed by atoms with Crippen LogP contribution in [0.5, 0.6) is 0 Å². The highest BCUT2D eigenvalue weighted by atomic mass is 79.9. The maximum Gasteiger partial charge on any atom is 0.319 e. The number of anilines is 1. The summed E-state index contributed by atoms with van der Waals surface area (Å²) in [6.45, 7) is 0.312. The van der Waals surface area contributed by atoms with Crippen molar-refractivity contribution in [2.75, 3.05) is 11.9 Å². The summed E-state index contributed by atoms with van der Waals surface area (Å²) >= 11 is 3.34. The van der Waals surface area contributed by atoms with Crippen LogP contribution in [-0.4, -0.2) is 23.3 Å². The third-order valence-corrected chi connectivity index (χ3v) is 3.69. The molecule has 3 N–H and O–H groups in total. The second-order valence-corrected chi connectivity index (χ2v) is 5.67. The minimum atomic E-state index is -0.714. The fourth-order valence-corrected chi connectivity index (χ4v) is 2.60. The maximum atomic E-state index is 11.7. The molecule has 18 heavy (non-hydrogen) atoms. The summed E-state index contributed by atoms with van der Waals surface area (Å²) < 4.78 is 0.912. The molecule has 1 saturated carbocycles. The molecule has 1 fully saturated rings. The molecule has 4 nitrogen and oxygen atoms in total. The van der Waals surface area contributed by atoms with Crippen LogP contribution < -0.4 is 10.6 Å². The number of carbonyl (C=O) groups is 1. The van der Waals surface area contributed by atoms with Gasteiger partial charge in [0.25, 0.3) is 0 Å². The van der Waals surface area contributed by atoms with E-state index in [1.807, 2.05) is 24.3 Å². The quantitative estimate of drug-likeness (QED) is 0.803. The molecule has 0 heterocycles. The minimum absolute atomic E-state index is 0.284. The zero-order valence-electron chi connectivity index (χ0n) is 10.1. The zero-order valence-corrected chi connectivity index (χ0v) is 11.7. The number of urea groups is 1. The molecular weight excluding hydrogens is 296 g/mol. The molecule has 2 rings (SSSR count). The van der Waals surface area contributed by atoms with Crippen LogP contribution in [-0.2, 0) is 0 Å². The van der Waals surface area contributed by atoms with E-state index < -0.39 is 5.60 Å². The number of amides is 2. The van der Waals surface area contributed by atoms with Crippen LogP contribution in [0.4, 0.5) is 10.5 Å². The van der Waals surface area contributed by atoms with Crippen molar-refractivity contribution in [3.05, 3.63) is 28.7 Å². The number of rotatable bonds is 3. The number of hydrogen-bond acceptors (Lipinski definition) is 2. The smallest absolute Gasteiger partial charge is 0.319 e. The molecule has 0 bridgehead atoms. The molecule has 0 spiro atoms. The predicted octanol–water partition coefficient (Wildman–Crippen LogP) is 2.88. The standard InChI is InChI=1S/C13H17BrN2O2/c14-10-4-3-5-11(8-10)16-12(17)15-9-13(18)6-1-2-7-13/h3-5,8,18H,1-2,6-7,9H2,(H2,15,16,17). The molecule has 2 amide bonds. The molecule has 5 heteroatoms. The third kappa shape index (κ3) is 3.71. The van der Waals surface area contributed by atoms with E-state index in [4.69, 9.17) is 0 Å². The van der Waals surface area contributed by atoms with Gasteiger partial charge < -0.3 is 15.7 Å². The molecular formula is C13H17BrN2O2. The lowest BCUT2D eigenvalue weighted by Gasteiger charge is -2.22. The van der Waals surface area contributed by atoms with Gasteiger partial charge in [0.05, 0.1) is 5.60 Å². The first-order valence-corrected chi connectivity index (χ1v) is 6.90. The van der Waals surface area contributed by atoms with E-state index in [1.54, 1.807) is 0 Å². The van der Waals surface area contributed by atoms with Crippen molar-refractivity contribution >= 4 is 27.6 Å². The Bertz CT molecular complexity index is 431. The summed E-state index contributed by atoms with van der Waals surface area (Å²) in [5.74, 6) is 0. The van der Waals surface area contributed by atoms with Gasteiger partial charge in [0.15, 0.2) is 0 Å². The highest BCUT2D eigenvalue weighted by Gasteiger charge is 2.31. The number of halogens is 1. The molecule has 1 aromatic rings. The Morgan fingerprint density at radius 3 is 2.78 bits per heavy atom. The average Bonchev–Trinajstić information content (AvgIpc) is 2.74. The Labute approximate surface area is 115 Å². The Morgan fingerprint density at radius 2 is 2.11 bits per heavy atom. The number of nitrogens with one attached hydrogen (secondary N) is 2. The molecule has 1 aliphatic rings. The van der Waals surface area contributed by atoms with E-state index >= 15 is 0 Å². The summed E-state index contributed by atoms with van der Waals surface area (Å²) in [5, 5.41) is 15.6. The van der Waals surface area contributed by atoms with Crippen LogP contribution in [0.3, 0.4) is 0 Å². The highest BCUT2D eigenvalue weighted by molar-refractivity contribution is 9.10. The topological polar surface area (TPSA) is 61.4 Å². The first-order chi connectivity index (χ1) is 8.57. The van der Waals surface area contributed by atoms with Gasteiger partial charge in [-0.2, -0.15) is 0 Å². The van der Waals surface area contributed by atoms with Crippen molar-refractivity contribution in [2.24, 2.45) is 0 Å². The Morgan fingerprint density at radius 1 is 1.39 bits per heavy atom. The van der Waals surface area contributed by atoms with Crippen molar-refractivity contribution < 1.29 is 9.90 Å². The number of carbonyl (C=O) groups excluding carboxylic acids is 1. The van der Waals surface area contributed by atoms with Crippen LogP contribution in [0.1, 0.15) is 25.7 Å². The predicted molar refractivity (Wildman–Crippen MR) is 74.6 cm³/mol. The van der Waals surface area contributed by atoms with Crippen LogP contribution in [0.2, 0.25) is 0 Å². The van der Waals surface area contributed by atoms with E-state index in [-0.39, 0.29) is 6.03 Å². The lowest BCUT2D eigenvalue weighted by molar-refractivity contribution is 0.0506. The zero-order chi connectivity index (χ0) is 13.0. The summed E-state index contributed by atoms with van der Waals surface area (Å²) in [5.41, 5.74) is 0.00881. The van der Waals surface area contributed by atoms with Gasteiger partial charge in [-0.25, -0.2) is 4.79 Å². The van der Waals surface area contributed by atoms with Crippen molar-refractivity contribution in [2.45, 2.75) is 31.3 Å². The summed E-state index contributed by atoms with van der Waals surface area (Å²) in [7, 11) is 0. The Kier molecular flexibility index (Phi) is 4.24. The summed E-state index contributed by atoms with van der Waals surface area (Å²) in [4.78, 5) is 11.7. The summed E-state index contributed by atoms with van der Waals surface area (Å²) in [6, 6.07) is 7.10. The van der Waals surface area contributed by atoms with Crippen molar-refractivity contribution in [1.29, 1.82) is 0 Å². The van der Waals surface area contributed by atoms with Crippen LogP contribution >= 0.6 is 15.9 Å². The van der Waals surface area contributed by atoms with Crippen LogP contribution in [0.25, 0.3) is 0 Å². The Balaban J connectivity index is 1.82. The van der Waals surface area contributed by atoms with Gasteiger partial charge in [-0.15, -0.1) is 0 Å². The largest absolute Gasteiger partial charge is 0.388 e. The Hall–Kier alpha value is -1.07. The first kappa shape index (κ1) is 13.4. The maximum absolute atomic E-state index is 11.7. The number of benzene rings is 1. The van der Waals surface area contributed by atoms with Crippen LogP contribution in [0, 0.1) is 0 Å². The fourth-order valence-electron chi connectivity index (χ4n) is 2.20. The molecule has 0 atom stereocenters. The molecule has 0 unspecified atom stereocenters. The van der Waals surface area contributed by atoms with Crippen LogP contribution in [0.15, 0.2) is 28.7 Å². The van der Waals surface area contributed by atoms with E-state index in [1.165, 1.54) is 0 Å². The molecule has 0 aliphatic heterocycles. The normalized spacial score (nSPS) is 17.4. The molecule has 98 valence electrons. The van der Waals surface area contributed by atoms with Gasteiger partial charge in [0.1, 0.15) is 0 Å². The van der Waals surface area contributed by atoms with Gasteiger partial charge in [-0.05, 0) is 31.0 Å². The molecule has 0 radical (unpaired) electrons. The summed E-state index contributed by atoms with van der Waals surface area (Å²) in [6.07, 6.45) is 3.60. The molecule has 1 aromatic carbocycles. The molecule has 0 aromatic heterocycles. The SMILES string of the molecule is O=C(NCC1(O)CCCC1)Nc1cccc(Br)c1. The number of hydrogen-bond donors (Lipinski definition) is 3. The van der Waals surface area contributed by atoms with E-state index in [0.717, 1.165) is 35.8 Å². The monoisotopic (exact) mass is 312 g/mol. The second kappa shape index (κ2) is 5.71. The van der Waals surface area contributed by atoms with Gasteiger partial charge in [0.2, 0.25) is 0 Å². The van der Waals surface area contributed by atoms with Crippen molar-refractivity contribution in [1.82, 2.24) is 5.32 Å². The van der Waals surface area contributed by atoms with E-state index in [2.05, 4.69) is 26.6 Å². The molecule has 0 saturated heterocycles. The average molecular weight is 313 g/mol. The van der Waals surface area contributed by atoms with E-state index in [0.29, 0.717) is 6.54 Å². The van der Waals surface area contributed by atoms with E-state index in [9.17, 15) is 9.90 Å². The fraction of sp³-hybridized carbons (Fsp3) is 0.462. The minimum Gasteiger partial charge on any atom is -0.388 e. The van der Waals surface area contributed by atoms with Crippen molar-refractivity contribution in [3.8, 4) is 0 Å². The number of aliphatic hydroxyl groups is 1. The lowest BCUT2D eigenvalue weighted by atomic mass is 10.0. The highest BCUT2D eigenvalue weighted by Crippen LogP contribution is 2.28.